The van der Waals surface area contributed by atoms with Crippen molar-refractivity contribution in [2.45, 2.75) is 33.1 Å². The molecule has 0 atom stereocenters. The van der Waals surface area contributed by atoms with Gasteiger partial charge >= 0.3 is 5.69 Å². The molecule has 2 aromatic rings. The van der Waals surface area contributed by atoms with Crippen LogP contribution < -0.4 is 5.32 Å². The van der Waals surface area contributed by atoms with E-state index in [9.17, 15) is 4.79 Å². The van der Waals surface area contributed by atoms with Crippen molar-refractivity contribution in [3.05, 3.63) is 46.1 Å². The van der Waals surface area contributed by atoms with Gasteiger partial charge in [0.1, 0.15) is 5.69 Å². The number of hydrogen-bond donors (Lipinski definition) is 2. The smallest absolute Gasteiger partial charge is 0.298 e. The predicted molar refractivity (Wildman–Crippen MR) is 81.2 cm³/mol. The Morgan fingerprint density at radius 3 is 2.43 bits per heavy atom. The summed E-state index contributed by atoms with van der Waals surface area (Å²) in [6.07, 6.45) is 0. The van der Waals surface area contributed by atoms with E-state index in [-0.39, 0.29) is 22.8 Å². The highest BCUT2D eigenvalue weighted by Crippen LogP contribution is 2.26. The van der Waals surface area contributed by atoms with Crippen molar-refractivity contribution >= 4 is 17.4 Å². The Bertz CT molecular complexity index is 701. The minimum Gasteiger partial charge on any atom is -0.298 e. The number of amides is 1. The number of aromatic nitrogens is 2. The maximum absolute atomic E-state index is 12.2. The largest absolute Gasteiger partial charge is 0.449 e. The van der Waals surface area contributed by atoms with Gasteiger partial charge < -0.3 is 0 Å². The molecule has 1 aromatic carbocycles. The second-order valence-corrected chi connectivity index (χ2v) is 5.93. The van der Waals surface area contributed by atoms with Gasteiger partial charge in [-0.1, -0.05) is 32.9 Å². The van der Waals surface area contributed by atoms with E-state index >= 15 is 0 Å². The SMILES string of the molecule is Cc1[nH]nc(NC(=O)c2ccc(C(C)(C)C)cc2)c1[N+]#N. The van der Waals surface area contributed by atoms with Crippen LogP contribution in [0.25, 0.3) is 4.98 Å². The third-order valence-corrected chi connectivity index (χ3v) is 3.26. The number of rotatable bonds is 2. The molecule has 1 amide bonds. The van der Waals surface area contributed by atoms with Gasteiger partial charge in [-0.2, -0.15) is 0 Å². The van der Waals surface area contributed by atoms with Crippen LogP contribution in [0.1, 0.15) is 42.4 Å². The summed E-state index contributed by atoms with van der Waals surface area (Å²) in [5, 5.41) is 18.1. The van der Waals surface area contributed by atoms with Gasteiger partial charge in [-0.15, -0.1) is 5.10 Å². The Balaban J connectivity index is 2.19. The molecule has 1 heterocycles. The Kier molecular flexibility index (Phi) is 3.76. The van der Waals surface area contributed by atoms with Crippen LogP contribution >= 0.6 is 0 Å². The van der Waals surface area contributed by atoms with E-state index in [1.54, 1.807) is 19.1 Å². The summed E-state index contributed by atoms with van der Waals surface area (Å²) in [6, 6.07) is 7.40. The van der Waals surface area contributed by atoms with Crippen LogP contribution in [0.15, 0.2) is 24.3 Å². The second kappa shape index (κ2) is 5.37. The fraction of sp³-hybridized carbons (Fsp3) is 0.333. The van der Waals surface area contributed by atoms with Gasteiger partial charge in [0.2, 0.25) is 5.39 Å². The first kappa shape index (κ1) is 14.7. The molecule has 1 aromatic heterocycles. The van der Waals surface area contributed by atoms with Crippen LogP contribution in [0.3, 0.4) is 0 Å². The highest BCUT2D eigenvalue weighted by Gasteiger charge is 2.24. The van der Waals surface area contributed by atoms with Crippen molar-refractivity contribution in [2.75, 3.05) is 5.32 Å². The van der Waals surface area contributed by atoms with Crippen LogP contribution in [0.4, 0.5) is 11.5 Å². The van der Waals surface area contributed by atoms with Crippen molar-refractivity contribution < 1.29 is 4.79 Å². The van der Waals surface area contributed by atoms with Crippen LogP contribution in [-0.4, -0.2) is 16.1 Å². The third kappa shape index (κ3) is 3.08. The standard InChI is InChI=1S/C15H17N5O/c1-9-12(18-16)13(20-19-9)17-14(21)10-5-7-11(8-6-10)15(2,3)4/h5-8,16H,1-4H3/p+1. The number of carbonyl (C=O) groups excluding carboxylic acids is 1. The molecule has 0 aliphatic heterocycles. The lowest BCUT2D eigenvalue weighted by atomic mass is 9.87. The highest BCUT2D eigenvalue weighted by molar-refractivity contribution is 6.05. The summed E-state index contributed by atoms with van der Waals surface area (Å²) in [6.45, 7) is 8.05. The molecule has 0 radical (unpaired) electrons. The summed E-state index contributed by atoms with van der Waals surface area (Å²) in [5.41, 5.74) is 2.52. The minimum absolute atomic E-state index is 0.0389. The van der Waals surface area contributed by atoms with Crippen molar-refractivity contribution in [3.63, 3.8) is 0 Å². The van der Waals surface area contributed by atoms with E-state index in [1.165, 1.54) is 0 Å². The molecule has 108 valence electrons. The van der Waals surface area contributed by atoms with Gasteiger partial charge in [-0.05, 0) is 30.0 Å². The van der Waals surface area contributed by atoms with Gasteiger partial charge in [0, 0.05) is 5.56 Å². The summed E-state index contributed by atoms with van der Waals surface area (Å²) >= 11 is 0. The monoisotopic (exact) mass is 284 g/mol. The number of nitrogens with zero attached hydrogens (tertiary/aromatic N) is 3. The zero-order chi connectivity index (χ0) is 15.6. The fourth-order valence-electron chi connectivity index (χ4n) is 1.93. The number of hydrogen-bond acceptors (Lipinski definition) is 3. The quantitative estimate of drug-likeness (QED) is 0.823. The number of aryl methyl sites for hydroxylation is 1. The lowest BCUT2D eigenvalue weighted by Crippen LogP contribution is -2.14. The highest BCUT2D eigenvalue weighted by atomic mass is 16.1. The molecule has 0 saturated carbocycles. The van der Waals surface area contributed by atoms with Crippen molar-refractivity contribution in [2.24, 2.45) is 0 Å². The number of carbonyl (C=O) groups is 1. The molecule has 0 unspecified atom stereocenters. The Hall–Kier alpha value is -2.68. The molecule has 21 heavy (non-hydrogen) atoms. The van der Waals surface area contributed by atoms with Crippen molar-refractivity contribution in [1.82, 2.24) is 10.2 Å². The zero-order valence-electron chi connectivity index (χ0n) is 12.6. The fourth-order valence-corrected chi connectivity index (χ4v) is 1.93. The molecular formula is C15H18N5O+. The minimum atomic E-state index is -0.299. The van der Waals surface area contributed by atoms with E-state index in [0.29, 0.717) is 11.3 Å². The second-order valence-electron chi connectivity index (χ2n) is 5.93. The van der Waals surface area contributed by atoms with Gasteiger partial charge in [-0.3, -0.25) is 15.2 Å². The van der Waals surface area contributed by atoms with Crippen molar-refractivity contribution in [3.8, 4) is 0 Å². The molecule has 0 fully saturated rings. The molecule has 0 saturated heterocycles. The number of diazo groups is 1. The molecule has 0 aliphatic rings. The Morgan fingerprint density at radius 2 is 1.90 bits per heavy atom. The molecule has 0 aliphatic carbocycles. The van der Waals surface area contributed by atoms with E-state index in [2.05, 4.69) is 41.3 Å². The lowest BCUT2D eigenvalue weighted by molar-refractivity contribution is 0.102. The van der Waals surface area contributed by atoms with Gasteiger partial charge in [0.25, 0.3) is 11.7 Å². The number of aromatic amines is 1. The van der Waals surface area contributed by atoms with Crippen LogP contribution in [0.2, 0.25) is 0 Å². The third-order valence-electron chi connectivity index (χ3n) is 3.26. The maximum Gasteiger partial charge on any atom is 0.449 e. The molecule has 2 rings (SSSR count). The Morgan fingerprint density at radius 1 is 1.29 bits per heavy atom. The van der Waals surface area contributed by atoms with Gasteiger partial charge in [0.15, 0.2) is 4.98 Å². The molecule has 6 heteroatoms. The number of anilines is 1. The first-order valence-corrected chi connectivity index (χ1v) is 6.65. The van der Waals surface area contributed by atoms with E-state index in [0.717, 1.165) is 5.56 Å². The lowest BCUT2D eigenvalue weighted by Gasteiger charge is -2.18. The maximum atomic E-state index is 12.2. The Labute approximate surface area is 123 Å². The number of benzene rings is 1. The number of nitrogens with one attached hydrogen (secondary N) is 2. The topological polar surface area (TPSA) is 85.9 Å². The van der Waals surface area contributed by atoms with Crippen LogP contribution in [-0.2, 0) is 5.41 Å². The molecule has 0 spiro atoms. The predicted octanol–water partition coefficient (Wildman–Crippen LogP) is 3.75. The first-order chi connectivity index (χ1) is 9.82. The van der Waals surface area contributed by atoms with Crippen LogP contribution in [0.5, 0.6) is 0 Å². The summed E-state index contributed by atoms with van der Waals surface area (Å²) in [7, 11) is 0. The van der Waals surface area contributed by atoms with E-state index < -0.39 is 0 Å². The average molecular weight is 284 g/mol. The van der Waals surface area contributed by atoms with E-state index in [1.807, 2.05) is 12.1 Å². The van der Waals surface area contributed by atoms with Crippen molar-refractivity contribution in [1.29, 1.82) is 5.39 Å². The zero-order valence-corrected chi connectivity index (χ0v) is 12.6. The van der Waals surface area contributed by atoms with Gasteiger partial charge in [0.05, 0.1) is 0 Å². The normalized spacial score (nSPS) is 11.0. The number of H-pyrrole nitrogens is 1. The molecule has 2 N–H and O–H groups in total. The molecular weight excluding hydrogens is 266 g/mol. The molecule has 0 bridgehead atoms. The van der Waals surface area contributed by atoms with Crippen LogP contribution in [0, 0.1) is 12.3 Å². The summed E-state index contributed by atoms with van der Waals surface area (Å²) in [4.78, 5) is 15.3. The van der Waals surface area contributed by atoms with Gasteiger partial charge in [-0.25, -0.2) is 0 Å². The summed E-state index contributed by atoms with van der Waals surface area (Å²) < 4.78 is 0. The van der Waals surface area contributed by atoms with E-state index in [4.69, 9.17) is 5.39 Å². The first-order valence-electron chi connectivity index (χ1n) is 6.65. The average Bonchev–Trinajstić information content (AvgIpc) is 2.78. The molecule has 6 nitrogen and oxygen atoms in total. The summed E-state index contributed by atoms with van der Waals surface area (Å²) in [5.74, 6) is -0.0910.